The van der Waals surface area contributed by atoms with Crippen molar-refractivity contribution in [3.8, 4) is 5.75 Å². The number of hydrogen-bond donors (Lipinski definition) is 0. The number of furan rings is 1. The first-order chi connectivity index (χ1) is 15.5. The van der Waals surface area contributed by atoms with Crippen LogP contribution < -0.4 is 9.64 Å². The lowest BCUT2D eigenvalue weighted by molar-refractivity contribution is 0.0713. The predicted molar refractivity (Wildman–Crippen MR) is 127 cm³/mol. The Morgan fingerprint density at radius 3 is 2.41 bits per heavy atom. The van der Waals surface area contributed by atoms with Crippen LogP contribution in [0.4, 0.5) is 5.69 Å². The van der Waals surface area contributed by atoms with E-state index in [4.69, 9.17) is 20.8 Å². The molecule has 6 nitrogen and oxygen atoms in total. The molecule has 8 heteroatoms. The summed E-state index contributed by atoms with van der Waals surface area (Å²) >= 11 is 6.15. The largest absolute Gasteiger partial charge is 0.497 e. The Labute approximate surface area is 195 Å². The number of ether oxygens (including phenoxy) is 1. The van der Waals surface area contributed by atoms with Crippen LogP contribution in [0.25, 0.3) is 0 Å². The van der Waals surface area contributed by atoms with Gasteiger partial charge >= 0.3 is 0 Å². The lowest BCUT2D eigenvalue weighted by Gasteiger charge is -2.35. The monoisotopic (exact) mass is 472 g/mol. The number of methoxy groups -OCH3 is 1. The van der Waals surface area contributed by atoms with Gasteiger partial charge in [-0.05, 0) is 48.0 Å². The minimum absolute atomic E-state index is 0.137. The second-order valence-electron chi connectivity index (χ2n) is 7.56. The molecule has 0 saturated carbocycles. The first-order valence-corrected chi connectivity index (χ1v) is 12.3. The van der Waals surface area contributed by atoms with Gasteiger partial charge in [-0.15, -0.1) is 0 Å². The van der Waals surface area contributed by atoms with Crippen molar-refractivity contribution in [3.63, 3.8) is 0 Å². The number of carbonyl (C=O) groups is 1. The zero-order chi connectivity index (χ0) is 22.5. The van der Waals surface area contributed by atoms with E-state index in [1.54, 1.807) is 30.2 Å². The summed E-state index contributed by atoms with van der Waals surface area (Å²) in [6, 6.07) is 18.7. The molecule has 4 rings (SSSR count). The predicted octanol–water partition coefficient (Wildman–Crippen LogP) is 4.35. The van der Waals surface area contributed by atoms with Crippen LogP contribution in [0.15, 0.2) is 65.1 Å². The van der Waals surface area contributed by atoms with Gasteiger partial charge in [0.2, 0.25) is 0 Å². The molecule has 0 radical (unpaired) electrons. The molecule has 1 aliphatic rings. The van der Waals surface area contributed by atoms with E-state index < -0.39 is 10.8 Å². The van der Waals surface area contributed by atoms with Gasteiger partial charge in [-0.3, -0.25) is 9.00 Å². The van der Waals surface area contributed by atoms with E-state index in [-0.39, 0.29) is 17.4 Å². The molecule has 0 bridgehead atoms. The van der Waals surface area contributed by atoms with Gasteiger partial charge in [0, 0.05) is 47.7 Å². The molecule has 1 atom stereocenters. The number of rotatable bonds is 7. The number of halogens is 1. The Balaban J connectivity index is 1.31. The summed E-state index contributed by atoms with van der Waals surface area (Å²) in [4.78, 5) is 16.9. The number of benzene rings is 2. The van der Waals surface area contributed by atoms with Crippen molar-refractivity contribution in [1.29, 1.82) is 0 Å². The maximum Gasteiger partial charge on any atom is 0.289 e. The fourth-order valence-electron chi connectivity index (χ4n) is 3.69. The van der Waals surface area contributed by atoms with Crippen molar-refractivity contribution >= 4 is 34.0 Å². The molecule has 168 valence electrons. The second kappa shape index (κ2) is 10.2. The Morgan fingerprint density at radius 1 is 1.00 bits per heavy atom. The van der Waals surface area contributed by atoms with Crippen LogP contribution in [0, 0.1) is 0 Å². The number of amides is 1. The van der Waals surface area contributed by atoms with E-state index in [2.05, 4.69) is 4.90 Å². The minimum atomic E-state index is -1.18. The van der Waals surface area contributed by atoms with E-state index >= 15 is 0 Å². The fourth-order valence-corrected chi connectivity index (χ4v) is 5.14. The normalized spacial score (nSPS) is 14.9. The number of nitrogens with zero attached hydrogens (tertiary/aromatic N) is 2. The van der Waals surface area contributed by atoms with Gasteiger partial charge in [-0.25, -0.2) is 0 Å². The zero-order valence-corrected chi connectivity index (χ0v) is 19.4. The maximum atomic E-state index is 12.9. The lowest BCUT2D eigenvalue weighted by atomic mass is 10.2. The lowest BCUT2D eigenvalue weighted by Crippen LogP contribution is -2.48. The molecule has 1 saturated heterocycles. The summed E-state index contributed by atoms with van der Waals surface area (Å²) in [5, 5.41) is 0.602. The topological polar surface area (TPSA) is 63.0 Å². The van der Waals surface area contributed by atoms with Crippen LogP contribution in [-0.4, -0.2) is 48.3 Å². The SMILES string of the molecule is COc1ccc(N2CCN(C(=O)c3ccc(CS(=O)Cc4ccccc4Cl)o3)CC2)cc1. The van der Waals surface area contributed by atoms with Crippen molar-refractivity contribution in [2.45, 2.75) is 11.5 Å². The second-order valence-corrected chi connectivity index (χ2v) is 9.43. The van der Waals surface area contributed by atoms with E-state index in [0.29, 0.717) is 29.6 Å². The third kappa shape index (κ3) is 5.34. The van der Waals surface area contributed by atoms with E-state index in [9.17, 15) is 9.00 Å². The van der Waals surface area contributed by atoms with E-state index in [0.717, 1.165) is 30.1 Å². The molecule has 1 fully saturated rings. The van der Waals surface area contributed by atoms with Gasteiger partial charge in [-0.1, -0.05) is 29.8 Å². The van der Waals surface area contributed by atoms with Crippen molar-refractivity contribution in [2.24, 2.45) is 0 Å². The molecule has 2 heterocycles. The van der Waals surface area contributed by atoms with Crippen molar-refractivity contribution in [3.05, 3.63) is 82.8 Å². The molecule has 0 N–H and O–H groups in total. The Bertz CT molecular complexity index is 1090. The summed E-state index contributed by atoms with van der Waals surface area (Å²) in [5.41, 5.74) is 1.95. The average Bonchev–Trinajstić information content (AvgIpc) is 3.28. The van der Waals surface area contributed by atoms with E-state index in [1.807, 2.05) is 42.5 Å². The summed E-state index contributed by atoms with van der Waals surface area (Å²) in [6.45, 7) is 2.71. The molecule has 1 aromatic heterocycles. The molecule has 0 aliphatic carbocycles. The molecule has 1 amide bonds. The highest BCUT2D eigenvalue weighted by molar-refractivity contribution is 7.83. The average molecular weight is 473 g/mol. The van der Waals surface area contributed by atoms with Crippen LogP contribution in [0.2, 0.25) is 5.02 Å². The highest BCUT2D eigenvalue weighted by Crippen LogP contribution is 2.22. The molecular formula is C24H25ClN2O4S. The smallest absolute Gasteiger partial charge is 0.289 e. The third-order valence-electron chi connectivity index (χ3n) is 5.45. The van der Waals surface area contributed by atoms with Crippen molar-refractivity contribution in [2.75, 3.05) is 38.2 Å². The minimum Gasteiger partial charge on any atom is -0.497 e. The molecular weight excluding hydrogens is 448 g/mol. The highest BCUT2D eigenvalue weighted by Gasteiger charge is 2.24. The van der Waals surface area contributed by atoms with Crippen LogP contribution in [0.3, 0.4) is 0 Å². The van der Waals surface area contributed by atoms with Crippen LogP contribution in [0.1, 0.15) is 21.9 Å². The Morgan fingerprint density at radius 2 is 1.72 bits per heavy atom. The number of anilines is 1. The van der Waals surface area contributed by atoms with Crippen LogP contribution in [-0.2, 0) is 22.3 Å². The van der Waals surface area contributed by atoms with Gasteiger partial charge in [-0.2, -0.15) is 0 Å². The number of hydrogen-bond acceptors (Lipinski definition) is 5. The molecule has 32 heavy (non-hydrogen) atoms. The number of carbonyl (C=O) groups excluding carboxylic acids is 1. The maximum absolute atomic E-state index is 12.9. The molecule has 1 aliphatic heterocycles. The van der Waals surface area contributed by atoms with Crippen molar-refractivity contribution in [1.82, 2.24) is 4.90 Å². The summed E-state index contributed by atoms with van der Waals surface area (Å²) < 4.78 is 23.4. The first-order valence-electron chi connectivity index (χ1n) is 10.4. The first kappa shape index (κ1) is 22.4. The molecule has 1 unspecified atom stereocenters. The Hall–Kier alpha value is -2.77. The molecule has 3 aromatic rings. The molecule has 0 spiro atoms. The summed E-state index contributed by atoms with van der Waals surface area (Å²) in [5.74, 6) is 2.09. The number of piperazine rings is 1. The van der Waals surface area contributed by atoms with Crippen molar-refractivity contribution < 1.29 is 18.2 Å². The standard InChI is InChI=1S/C24H25ClN2O4S/c1-30-20-8-6-19(7-9-20)26-12-14-27(15-13-26)24(28)23-11-10-21(31-23)17-32(29)16-18-4-2-3-5-22(18)25/h2-11H,12-17H2,1H3. The third-order valence-corrected chi connectivity index (χ3v) is 7.06. The van der Waals surface area contributed by atoms with Gasteiger partial charge < -0.3 is 19.0 Å². The quantitative estimate of drug-likeness (QED) is 0.511. The highest BCUT2D eigenvalue weighted by atomic mass is 35.5. The molecule has 2 aromatic carbocycles. The van der Waals surface area contributed by atoms with Crippen LogP contribution in [0.5, 0.6) is 5.75 Å². The van der Waals surface area contributed by atoms with Gasteiger partial charge in [0.25, 0.3) is 5.91 Å². The summed E-state index contributed by atoms with van der Waals surface area (Å²) in [7, 11) is 0.465. The fraction of sp³-hybridized carbons (Fsp3) is 0.292. The summed E-state index contributed by atoms with van der Waals surface area (Å²) in [6.07, 6.45) is 0. The zero-order valence-electron chi connectivity index (χ0n) is 17.8. The van der Waals surface area contributed by atoms with Crippen LogP contribution >= 0.6 is 11.6 Å². The van der Waals surface area contributed by atoms with Gasteiger partial charge in [0.15, 0.2) is 5.76 Å². The van der Waals surface area contributed by atoms with Gasteiger partial charge in [0.1, 0.15) is 11.5 Å². The van der Waals surface area contributed by atoms with E-state index in [1.165, 1.54) is 0 Å². The Kier molecular flexibility index (Phi) is 7.17. The van der Waals surface area contributed by atoms with Gasteiger partial charge in [0.05, 0.1) is 18.6 Å².